The van der Waals surface area contributed by atoms with Gasteiger partial charge in [0.25, 0.3) is 5.56 Å². The zero-order valence-corrected chi connectivity index (χ0v) is 23.6. The number of alkyl halides is 2. The fraction of sp³-hybridized carbons (Fsp3) is 0.500. The lowest BCUT2D eigenvalue weighted by Crippen LogP contribution is -2.33. The van der Waals surface area contributed by atoms with E-state index in [1.807, 2.05) is 0 Å². The molecule has 6 rings (SSSR count). The monoisotopic (exact) mass is 648 g/mol. The molecular formula is C20H23F2N10O7PS2. The number of aliphatic hydroxyl groups is 2. The average Bonchev–Trinajstić information content (AvgIpc) is 3.69. The number of aliphatic hydroxyl groups excluding tert-OH is 2. The van der Waals surface area contributed by atoms with E-state index < -0.39 is 73.0 Å². The number of ether oxygens (including phenoxy) is 1. The molecule has 6 heterocycles. The van der Waals surface area contributed by atoms with Gasteiger partial charge in [-0.25, -0.2) is 28.7 Å². The molecule has 0 spiro atoms. The molecule has 2 aliphatic rings. The highest BCUT2D eigenvalue weighted by atomic mass is 32.5. The number of hydrogen-bond acceptors (Lipinski definition) is 15. The predicted octanol–water partition coefficient (Wildman–Crippen LogP) is -0.717. The Balaban J connectivity index is 1.19. The first-order chi connectivity index (χ1) is 20.0. The number of nitrogens with zero attached hydrogens (tertiary/aromatic N) is 7. The van der Waals surface area contributed by atoms with E-state index in [4.69, 9.17) is 37.1 Å². The summed E-state index contributed by atoms with van der Waals surface area (Å²) < 4.78 is 49.6. The Hall–Kier alpha value is -2.88. The highest BCUT2D eigenvalue weighted by Gasteiger charge is 2.50. The summed E-state index contributed by atoms with van der Waals surface area (Å²) >= 11 is 6.05. The molecule has 0 aromatic carbocycles. The Morgan fingerprint density at radius 1 is 1.14 bits per heavy atom. The van der Waals surface area contributed by atoms with Gasteiger partial charge in [0.15, 0.2) is 35.0 Å². The molecule has 0 radical (unpaired) electrons. The molecule has 0 amide bonds. The number of aromatic amines is 1. The molecule has 42 heavy (non-hydrogen) atoms. The molecule has 8 N–H and O–H groups in total. The Bertz CT molecular complexity index is 1740. The van der Waals surface area contributed by atoms with Crippen LogP contribution in [0.4, 0.5) is 20.5 Å². The number of thioether (sulfide) groups is 1. The van der Waals surface area contributed by atoms with Crippen molar-refractivity contribution in [3.63, 3.8) is 0 Å². The second-order valence-electron chi connectivity index (χ2n) is 9.38. The van der Waals surface area contributed by atoms with Crippen LogP contribution >= 0.6 is 18.5 Å². The summed E-state index contributed by atoms with van der Waals surface area (Å²) in [5.41, 5.74) is 11.1. The summed E-state index contributed by atoms with van der Waals surface area (Å²) in [5, 5.41) is 18.2. The minimum Gasteiger partial charge on any atom is -0.395 e. The largest absolute Gasteiger partial charge is 0.395 e. The molecule has 0 aliphatic carbocycles. The second-order valence-corrected chi connectivity index (χ2v) is 13.5. The van der Waals surface area contributed by atoms with Crippen molar-refractivity contribution >= 4 is 64.4 Å². The van der Waals surface area contributed by atoms with Crippen molar-refractivity contribution in [3.05, 3.63) is 29.3 Å². The smallest absolute Gasteiger partial charge is 0.325 e. The van der Waals surface area contributed by atoms with Crippen LogP contribution in [-0.2, 0) is 25.6 Å². The van der Waals surface area contributed by atoms with E-state index in [2.05, 4.69) is 29.9 Å². The van der Waals surface area contributed by atoms with Gasteiger partial charge in [-0.2, -0.15) is 4.98 Å². The Morgan fingerprint density at radius 3 is 2.64 bits per heavy atom. The second kappa shape index (κ2) is 11.0. The lowest BCUT2D eigenvalue weighted by atomic mass is 10.1. The highest BCUT2D eigenvalue weighted by Crippen LogP contribution is 2.54. The first-order valence-corrected chi connectivity index (χ1v) is 15.7. The number of nitrogens with two attached hydrogens (primary N) is 2. The summed E-state index contributed by atoms with van der Waals surface area (Å²) in [7, 11) is 0. The molecule has 0 saturated carbocycles. The minimum atomic E-state index is -4.28. The quantitative estimate of drug-likeness (QED) is 0.129. The number of anilines is 2. The third-order valence-corrected chi connectivity index (χ3v) is 9.87. The van der Waals surface area contributed by atoms with Crippen LogP contribution in [0.1, 0.15) is 11.6 Å². The lowest BCUT2D eigenvalue weighted by Gasteiger charge is -2.27. The summed E-state index contributed by atoms with van der Waals surface area (Å²) in [6.07, 6.45) is -6.10. The van der Waals surface area contributed by atoms with E-state index in [9.17, 15) is 19.9 Å². The van der Waals surface area contributed by atoms with Crippen LogP contribution in [0.5, 0.6) is 0 Å². The Morgan fingerprint density at radius 2 is 1.88 bits per heavy atom. The van der Waals surface area contributed by atoms with E-state index in [0.29, 0.717) is 0 Å². The van der Waals surface area contributed by atoms with E-state index in [1.165, 1.54) is 21.8 Å². The zero-order chi connectivity index (χ0) is 29.9. The van der Waals surface area contributed by atoms with Gasteiger partial charge in [0.05, 0.1) is 31.1 Å². The molecule has 2 aliphatic heterocycles. The minimum absolute atomic E-state index is 0.0156. The number of nitrogen functional groups attached to an aromatic ring is 2. The summed E-state index contributed by atoms with van der Waals surface area (Å²) in [4.78, 5) is 45.3. The maximum atomic E-state index is 15.4. The summed E-state index contributed by atoms with van der Waals surface area (Å²) in [6, 6.07) is 0. The molecule has 0 bridgehead atoms. The zero-order valence-electron chi connectivity index (χ0n) is 21.0. The fourth-order valence-electron chi connectivity index (χ4n) is 4.78. The van der Waals surface area contributed by atoms with Gasteiger partial charge in [-0.3, -0.25) is 23.4 Å². The average molecular weight is 649 g/mol. The van der Waals surface area contributed by atoms with Crippen molar-refractivity contribution in [3.8, 4) is 0 Å². The molecule has 226 valence electrons. The molecule has 4 aromatic heterocycles. The normalized spacial score (nSPS) is 31.3. The SMILES string of the molecule is Nc1nc2c(ncn2[C@@H]2S[C@H](CO)[C@@H](F)[C@H]2OP(O)(=S)OC[C@H]2O[C@@H](n3cnc4c(N)ncnc43)[C@@H](F)[C@@H]2O)c(=O)[nH]1. The third-order valence-electron chi connectivity index (χ3n) is 6.78. The van der Waals surface area contributed by atoms with Crippen molar-refractivity contribution in [2.75, 3.05) is 24.7 Å². The summed E-state index contributed by atoms with van der Waals surface area (Å²) in [5.74, 6) is -0.140. The van der Waals surface area contributed by atoms with Crippen LogP contribution in [0, 0.1) is 0 Å². The van der Waals surface area contributed by atoms with Crippen LogP contribution < -0.4 is 17.0 Å². The first kappa shape index (κ1) is 29.2. The van der Waals surface area contributed by atoms with Gasteiger partial charge in [0.2, 0.25) is 5.95 Å². The van der Waals surface area contributed by atoms with Crippen molar-refractivity contribution < 1.29 is 37.7 Å². The van der Waals surface area contributed by atoms with Crippen LogP contribution in [0.2, 0.25) is 0 Å². The fourth-order valence-corrected chi connectivity index (χ4v) is 7.67. The number of H-pyrrole nitrogens is 1. The van der Waals surface area contributed by atoms with Gasteiger partial charge in [-0.15, -0.1) is 11.8 Å². The first-order valence-electron chi connectivity index (χ1n) is 12.2. The molecule has 2 saturated heterocycles. The molecule has 9 atom stereocenters. The van der Waals surface area contributed by atoms with Gasteiger partial charge in [-0.1, -0.05) is 0 Å². The Kier molecular flexibility index (Phi) is 7.64. The standard InChI is InChI=1S/C20H23F2N10O7PS2/c21-8-7(1-33)42-19(32-5-28-11-16(32)29-20(24)30-17(11)35)13(8)39-40(36,41)37-2-6-12(34)9(22)18(38-6)31-4-27-10-14(23)25-3-26-15(10)31/h3-9,12-13,18-19,33-34H,1-2H2,(H,36,41)(H2,23,25,26)(H3,24,29,30,35)/t6-,7-,8-,9+,12-,13-,18-,19-,40?/m1/s1. The molecule has 2 fully saturated rings. The van der Waals surface area contributed by atoms with Crippen LogP contribution in [0.25, 0.3) is 22.3 Å². The molecule has 22 heteroatoms. The molecule has 4 aromatic rings. The molecular weight excluding hydrogens is 625 g/mol. The number of fused-ring (bicyclic) bond motifs is 2. The number of imidazole rings is 2. The summed E-state index contributed by atoms with van der Waals surface area (Å²) in [6.45, 7) is -5.48. The topological polar surface area (TPSA) is 248 Å². The van der Waals surface area contributed by atoms with E-state index >= 15 is 8.78 Å². The van der Waals surface area contributed by atoms with E-state index in [1.54, 1.807) is 0 Å². The van der Waals surface area contributed by atoms with Gasteiger partial charge in [0, 0.05) is 0 Å². The number of rotatable bonds is 8. The van der Waals surface area contributed by atoms with Crippen molar-refractivity contribution in [1.29, 1.82) is 0 Å². The number of aromatic nitrogens is 8. The number of halogens is 2. The van der Waals surface area contributed by atoms with Crippen molar-refractivity contribution in [2.45, 2.75) is 47.5 Å². The lowest BCUT2D eigenvalue weighted by molar-refractivity contribution is -0.0461. The highest BCUT2D eigenvalue weighted by molar-refractivity contribution is 8.07. The molecule has 17 nitrogen and oxygen atoms in total. The number of nitrogens with one attached hydrogen (secondary N) is 1. The van der Waals surface area contributed by atoms with Crippen LogP contribution in [0.3, 0.4) is 0 Å². The van der Waals surface area contributed by atoms with Crippen molar-refractivity contribution in [2.24, 2.45) is 0 Å². The van der Waals surface area contributed by atoms with E-state index in [0.717, 1.165) is 18.1 Å². The maximum absolute atomic E-state index is 15.4. The van der Waals surface area contributed by atoms with E-state index in [-0.39, 0.29) is 34.1 Å². The number of hydrogen-bond donors (Lipinski definition) is 6. The molecule has 1 unspecified atom stereocenters. The third kappa shape index (κ3) is 5.03. The maximum Gasteiger partial charge on any atom is 0.325 e. The Labute approximate surface area is 242 Å². The predicted molar refractivity (Wildman–Crippen MR) is 147 cm³/mol. The van der Waals surface area contributed by atoms with Gasteiger partial charge >= 0.3 is 6.72 Å². The van der Waals surface area contributed by atoms with Crippen molar-refractivity contribution in [1.82, 2.24) is 39.0 Å². The van der Waals surface area contributed by atoms with Gasteiger partial charge < -0.3 is 35.8 Å². The van der Waals surface area contributed by atoms with Gasteiger partial charge in [-0.05, 0) is 11.8 Å². The van der Waals surface area contributed by atoms with Crippen LogP contribution in [-0.4, -0.2) is 103 Å². The van der Waals surface area contributed by atoms with Crippen LogP contribution in [0.15, 0.2) is 23.8 Å². The van der Waals surface area contributed by atoms with Gasteiger partial charge in [0.1, 0.15) is 41.7 Å².